The molecule has 9 heteroatoms. The molecular weight excluding hydrogens is 428 g/mol. The molecule has 0 fully saturated rings. The van der Waals surface area contributed by atoms with E-state index in [-0.39, 0.29) is 10.6 Å². The molecule has 0 spiro atoms. The second kappa shape index (κ2) is 7.75. The third kappa shape index (κ3) is 3.79. The van der Waals surface area contributed by atoms with Crippen LogP contribution in [0.25, 0.3) is 27.4 Å². The van der Waals surface area contributed by atoms with Crippen molar-refractivity contribution >= 4 is 21.4 Å². The van der Waals surface area contributed by atoms with Crippen LogP contribution in [-0.2, 0) is 10.0 Å². The van der Waals surface area contributed by atoms with Crippen LogP contribution in [0.15, 0.2) is 70.9 Å². The van der Waals surface area contributed by atoms with E-state index in [9.17, 15) is 17.2 Å². The molecule has 0 saturated heterocycles. The van der Waals surface area contributed by atoms with Gasteiger partial charge in [0.25, 0.3) is 6.43 Å². The van der Waals surface area contributed by atoms with Gasteiger partial charge in [0.05, 0.1) is 10.6 Å². The maximum Gasteiger partial charge on any atom is 0.282 e. The molecule has 2 aromatic carbocycles. The van der Waals surface area contributed by atoms with E-state index in [4.69, 9.17) is 5.14 Å². The van der Waals surface area contributed by atoms with Crippen LogP contribution in [0, 0.1) is 6.92 Å². The zero-order valence-electron chi connectivity index (χ0n) is 15.8. The number of benzene rings is 2. The number of primary sulfonamides is 1. The quantitative estimate of drug-likeness (QED) is 0.461. The lowest BCUT2D eigenvalue weighted by atomic mass is 9.99. The van der Waals surface area contributed by atoms with E-state index in [2.05, 4.69) is 5.10 Å². The monoisotopic (exact) mass is 445 g/mol. The first kappa shape index (κ1) is 20.4. The van der Waals surface area contributed by atoms with E-state index in [0.29, 0.717) is 27.4 Å². The lowest BCUT2D eigenvalue weighted by Crippen LogP contribution is -2.11. The van der Waals surface area contributed by atoms with Gasteiger partial charge in [-0.15, -0.1) is 11.3 Å². The van der Waals surface area contributed by atoms with Crippen molar-refractivity contribution in [2.45, 2.75) is 18.2 Å². The molecule has 2 aromatic heterocycles. The highest BCUT2D eigenvalue weighted by atomic mass is 32.2. The Morgan fingerprint density at radius 2 is 1.70 bits per heavy atom. The van der Waals surface area contributed by atoms with E-state index in [1.807, 2.05) is 18.4 Å². The Morgan fingerprint density at radius 1 is 1.03 bits per heavy atom. The Labute approximate surface area is 176 Å². The van der Waals surface area contributed by atoms with E-state index in [0.717, 1.165) is 5.56 Å². The molecule has 0 aliphatic heterocycles. The van der Waals surface area contributed by atoms with Crippen molar-refractivity contribution < 1.29 is 17.2 Å². The molecule has 0 radical (unpaired) electrons. The number of aryl methyl sites for hydroxylation is 1. The van der Waals surface area contributed by atoms with Gasteiger partial charge in [-0.25, -0.2) is 27.0 Å². The largest absolute Gasteiger partial charge is 0.282 e. The number of halogens is 2. The average Bonchev–Trinajstić information content (AvgIpc) is 3.32. The Balaban J connectivity index is 2.03. The van der Waals surface area contributed by atoms with Crippen molar-refractivity contribution in [2.24, 2.45) is 5.14 Å². The Hall–Kier alpha value is -2.88. The fraction of sp³-hybridized carbons (Fsp3) is 0.0952. The summed E-state index contributed by atoms with van der Waals surface area (Å²) in [5.74, 6) is 0. The van der Waals surface area contributed by atoms with Gasteiger partial charge in [-0.1, -0.05) is 42.5 Å². The molecule has 5 nitrogen and oxygen atoms in total. The summed E-state index contributed by atoms with van der Waals surface area (Å²) >= 11 is 1.39. The van der Waals surface area contributed by atoms with Gasteiger partial charge in [0.1, 0.15) is 10.7 Å². The van der Waals surface area contributed by atoms with Gasteiger partial charge in [-0.3, -0.25) is 0 Å². The van der Waals surface area contributed by atoms with Crippen molar-refractivity contribution in [2.75, 3.05) is 0 Å². The minimum atomic E-state index is -3.87. The Bertz CT molecular complexity index is 1300. The third-order valence-electron chi connectivity index (χ3n) is 4.56. The normalized spacial score (nSPS) is 11.9. The fourth-order valence-electron chi connectivity index (χ4n) is 3.23. The number of thiophene rings is 1. The van der Waals surface area contributed by atoms with Gasteiger partial charge < -0.3 is 0 Å². The molecule has 0 bridgehead atoms. The molecule has 0 unspecified atom stereocenters. The van der Waals surface area contributed by atoms with Gasteiger partial charge in [0.15, 0.2) is 0 Å². The predicted octanol–water partition coefficient (Wildman–Crippen LogP) is 5.16. The standard InChI is InChI=1S/C21H17F2N3O2S2/c1-13-11-17(29-12-13)26-20(15-7-9-16(10-8-15)30(24,27)28)18(19(25-26)21(22)23)14-5-3-2-4-6-14/h2-12,21H,1H3,(H2,24,27,28). The van der Waals surface area contributed by atoms with Crippen molar-refractivity contribution in [1.82, 2.24) is 9.78 Å². The van der Waals surface area contributed by atoms with Gasteiger partial charge in [0.2, 0.25) is 10.0 Å². The summed E-state index contributed by atoms with van der Waals surface area (Å²) in [6.45, 7) is 1.91. The highest BCUT2D eigenvalue weighted by Crippen LogP contribution is 2.41. The minimum Gasteiger partial charge on any atom is -0.225 e. The first-order valence-corrected chi connectivity index (χ1v) is 11.3. The number of alkyl halides is 2. The second-order valence-electron chi connectivity index (χ2n) is 6.72. The summed E-state index contributed by atoms with van der Waals surface area (Å²) in [5, 5.41) is 12.0. The van der Waals surface area contributed by atoms with Gasteiger partial charge in [-0.2, -0.15) is 5.10 Å². The van der Waals surface area contributed by atoms with Crippen molar-refractivity contribution in [3.63, 3.8) is 0 Å². The maximum atomic E-state index is 14.0. The number of hydrogen-bond donors (Lipinski definition) is 1. The smallest absolute Gasteiger partial charge is 0.225 e. The highest BCUT2D eigenvalue weighted by Gasteiger charge is 2.27. The summed E-state index contributed by atoms with van der Waals surface area (Å²) in [6.07, 6.45) is -2.79. The minimum absolute atomic E-state index is 0.0559. The Kier molecular flexibility index (Phi) is 5.27. The van der Waals surface area contributed by atoms with Crippen LogP contribution in [0.1, 0.15) is 17.7 Å². The summed E-state index contributed by atoms with van der Waals surface area (Å²) in [7, 11) is -3.87. The number of nitrogens with zero attached hydrogens (tertiary/aromatic N) is 2. The van der Waals surface area contributed by atoms with E-state index in [1.54, 1.807) is 42.5 Å². The Morgan fingerprint density at radius 3 is 2.23 bits per heavy atom. The lowest BCUT2D eigenvalue weighted by Gasteiger charge is -2.10. The summed E-state index contributed by atoms with van der Waals surface area (Å²) in [5.41, 5.74) is 2.56. The molecule has 0 aliphatic rings. The van der Waals surface area contributed by atoms with Crippen LogP contribution in [0.2, 0.25) is 0 Å². The number of sulfonamides is 1. The summed E-state index contributed by atoms with van der Waals surface area (Å²) < 4.78 is 52.7. The van der Waals surface area contributed by atoms with Crippen molar-refractivity contribution in [3.8, 4) is 27.4 Å². The molecule has 0 amide bonds. The first-order chi connectivity index (χ1) is 14.3. The molecule has 4 rings (SSSR count). The van der Waals surface area contributed by atoms with E-state index >= 15 is 0 Å². The molecule has 4 aromatic rings. The number of nitrogens with two attached hydrogens (primary N) is 1. The molecule has 0 atom stereocenters. The zero-order chi connectivity index (χ0) is 21.5. The highest BCUT2D eigenvalue weighted by molar-refractivity contribution is 7.89. The van der Waals surface area contributed by atoms with Crippen LogP contribution < -0.4 is 5.14 Å². The first-order valence-electron chi connectivity index (χ1n) is 8.91. The molecule has 2 heterocycles. The van der Waals surface area contributed by atoms with Crippen LogP contribution in [-0.4, -0.2) is 18.2 Å². The van der Waals surface area contributed by atoms with Crippen molar-refractivity contribution in [1.29, 1.82) is 0 Å². The SMILES string of the molecule is Cc1csc(-n2nc(C(F)F)c(-c3ccccc3)c2-c2ccc(S(N)(=O)=O)cc2)c1. The molecule has 0 aliphatic carbocycles. The van der Waals surface area contributed by atoms with Gasteiger partial charge in [-0.05, 0) is 41.6 Å². The number of rotatable bonds is 5. The molecular formula is C21H17F2N3O2S2. The van der Waals surface area contributed by atoms with E-state index < -0.39 is 16.4 Å². The predicted molar refractivity (Wildman–Crippen MR) is 113 cm³/mol. The average molecular weight is 446 g/mol. The third-order valence-corrected chi connectivity index (χ3v) is 6.51. The fourth-order valence-corrected chi connectivity index (χ4v) is 4.61. The van der Waals surface area contributed by atoms with Gasteiger partial charge >= 0.3 is 0 Å². The second-order valence-corrected chi connectivity index (χ2v) is 9.17. The molecule has 30 heavy (non-hydrogen) atoms. The van der Waals surface area contributed by atoms with Crippen molar-refractivity contribution in [3.05, 3.63) is 77.3 Å². The van der Waals surface area contributed by atoms with E-state index in [1.165, 1.54) is 28.2 Å². The maximum absolute atomic E-state index is 14.0. The van der Waals surface area contributed by atoms with Crippen LogP contribution >= 0.6 is 11.3 Å². The zero-order valence-corrected chi connectivity index (χ0v) is 17.4. The van der Waals surface area contributed by atoms with Crippen LogP contribution in [0.3, 0.4) is 0 Å². The van der Waals surface area contributed by atoms with Gasteiger partial charge in [0, 0.05) is 11.1 Å². The molecule has 2 N–H and O–H groups in total. The van der Waals surface area contributed by atoms with Crippen LogP contribution in [0.5, 0.6) is 0 Å². The summed E-state index contributed by atoms with van der Waals surface area (Å²) in [4.78, 5) is -0.0559. The number of aromatic nitrogens is 2. The summed E-state index contributed by atoms with van der Waals surface area (Å²) in [6, 6.07) is 16.5. The number of hydrogen-bond acceptors (Lipinski definition) is 4. The molecule has 154 valence electrons. The van der Waals surface area contributed by atoms with Crippen LogP contribution in [0.4, 0.5) is 8.78 Å². The lowest BCUT2D eigenvalue weighted by molar-refractivity contribution is 0.146. The molecule has 0 saturated carbocycles. The topological polar surface area (TPSA) is 78.0 Å².